The van der Waals surface area contributed by atoms with Crippen molar-refractivity contribution in [2.24, 2.45) is 0 Å². The van der Waals surface area contributed by atoms with E-state index in [0.29, 0.717) is 5.69 Å². The van der Waals surface area contributed by atoms with E-state index in [9.17, 15) is 19.2 Å². The van der Waals surface area contributed by atoms with Gasteiger partial charge in [-0.05, 0) is 41.3 Å². The summed E-state index contributed by atoms with van der Waals surface area (Å²) in [5.41, 5.74) is 3.08. The largest absolute Gasteiger partial charge is 0.459 e. The molecule has 0 fully saturated rings. The van der Waals surface area contributed by atoms with Crippen LogP contribution in [0.25, 0.3) is 0 Å². The fraction of sp³-hybridized carbons (Fsp3) is 0.176. The highest BCUT2D eigenvalue weighted by atomic mass is 16.6. The number of alkyl carbamates (subject to hydrolysis) is 1. The van der Waals surface area contributed by atoms with Crippen molar-refractivity contribution in [3.8, 4) is 0 Å². The lowest BCUT2D eigenvalue weighted by Crippen LogP contribution is -2.42. The van der Waals surface area contributed by atoms with E-state index in [0.717, 1.165) is 16.7 Å². The molecule has 2 N–H and O–H groups in total. The Bertz CT molecular complexity index is 1500. The number of anilines is 1. The fourth-order valence-corrected chi connectivity index (χ4v) is 4.01. The van der Waals surface area contributed by atoms with E-state index in [2.05, 4.69) is 10.6 Å². The number of hydrogen-bond acceptors (Lipinski definition) is 7. The van der Waals surface area contributed by atoms with Crippen LogP contribution in [-0.2, 0) is 43.6 Å². The maximum atomic E-state index is 12.9. The van der Waals surface area contributed by atoms with Crippen molar-refractivity contribution in [3.05, 3.63) is 138 Å². The number of carbonyl (C=O) groups excluding carboxylic acids is 4. The number of hydrogen-bond donors (Lipinski definition) is 2. The Morgan fingerprint density at radius 2 is 1.14 bits per heavy atom. The van der Waals surface area contributed by atoms with Crippen molar-refractivity contribution >= 4 is 29.6 Å². The van der Waals surface area contributed by atoms with Crippen LogP contribution in [0.15, 0.2) is 115 Å². The first-order valence-electron chi connectivity index (χ1n) is 13.7. The molecule has 0 radical (unpaired) electrons. The summed E-state index contributed by atoms with van der Waals surface area (Å²) in [5, 5.41) is 5.24. The van der Waals surface area contributed by atoms with Gasteiger partial charge in [0.2, 0.25) is 5.91 Å². The number of nitrogens with one attached hydrogen (secondary N) is 2. The summed E-state index contributed by atoms with van der Waals surface area (Å²) in [6.45, 7) is 0.151. The first kappa shape index (κ1) is 30.5. The minimum absolute atomic E-state index is 0.0102. The number of ether oxygens (including phenoxy) is 3. The average molecular weight is 581 g/mol. The molecule has 2 amide bonds. The standard InChI is InChI=1S/C34H32N2O7/c37-31(35-29-18-10-17-28(21-29)32(38)41-22-25-11-4-1-5-12-25)20-19-30(33(39)42-23-26-13-6-2-7-14-26)36-34(40)43-24-27-15-8-3-9-16-27/h1-18,21,30H,19-20,22-24H2,(H,35,37)(H,36,40)/t30-/m0/s1. The van der Waals surface area contributed by atoms with Crippen LogP contribution in [0.2, 0.25) is 0 Å². The summed E-state index contributed by atoms with van der Waals surface area (Å²) in [6, 6.07) is 32.7. The molecule has 0 saturated heterocycles. The molecular weight excluding hydrogens is 548 g/mol. The maximum Gasteiger partial charge on any atom is 0.408 e. The van der Waals surface area contributed by atoms with Crippen LogP contribution in [-0.4, -0.2) is 30.0 Å². The van der Waals surface area contributed by atoms with Crippen molar-refractivity contribution in [1.82, 2.24) is 5.32 Å². The van der Waals surface area contributed by atoms with Gasteiger partial charge in [0, 0.05) is 12.1 Å². The molecule has 0 unspecified atom stereocenters. The quantitative estimate of drug-likeness (QED) is 0.151. The molecule has 4 aromatic rings. The SMILES string of the molecule is O=C(CC[C@H](NC(=O)OCc1ccccc1)C(=O)OCc1ccccc1)Nc1cccc(C(=O)OCc2ccccc2)c1. The second-order valence-corrected chi connectivity index (χ2v) is 9.58. The predicted molar refractivity (Wildman–Crippen MR) is 160 cm³/mol. The van der Waals surface area contributed by atoms with E-state index in [1.54, 1.807) is 30.3 Å². The molecule has 220 valence electrons. The second kappa shape index (κ2) is 16.1. The van der Waals surface area contributed by atoms with Crippen LogP contribution in [0.4, 0.5) is 10.5 Å². The van der Waals surface area contributed by atoms with Gasteiger partial charge in [-0.15, -0.1) is 0 Å². The van der Waals surface area contributed by atoms with E-state index >= 15 is 0 Å². The Labute approximate surface area is 249 Å². The first-order valence-corrected chi connectivity index (χ1v) is 13.7. The van der Waals surface area contributed by atoms with Crippen LogP contribution in [0.5, 0.6) is 0 Å². The summed E-state index contributed by atoms with van der Waals surface area (Å²) in [6.07, 6.45) is -0.974. The molecule has 4 aromatic carbocycles. The second-order valence-electron chi connectivity index (χ2n) is 9.58. The van der Waals surface area contributed by atoms with Gasteiger partial charge >= 0.3 is 18.0 Å². The van der Waals surface area contributed by atoms with Crippen molar-refractivity contribution < 1.29 is 33.4 Å². The zero-order valence-electron chi connectivity index (χ0n) is 23.4. The third kappa shape index (κ3) is 10.5. The molecule has 43 heavy (non-hydrogen) atoms. The molecular formula is C34H32N2O7. The first-order chi connectivity index (χ1) is 21.0. The van der Waals surface area contributed by atoms with Crippen molar-refractivity contribution in [2.75, 3.05) is 5.32 Å². The Morgan fingerprint density at radius 3 is 1.72 bits per heavy atom. The van der Waals surface area contributed by atoms with Crippen molar-refractivity contribution in [1.29, 1.82) is 0 Å². The van der Waals surface area contributed by atoms with Gasteiger partial charge in [0.1, 0.15) is 25.9 Å². The van der Waals surface area contributed by atoms with Crippen LogP contribution in [0.3, 0.4) is 0 Å². The molecule has 1 atom stereocenters. The van der Waals surface area contributed by atoms with Crippen LogP contribution in [0.1, 0.15) is 39.9 Å². The maximum absolute atomic E-state index is 12.9. The third-order valence-corrected chi connectivity index (χ3v) is 6.27. The van der Waals surface area contributed by atoms with E-state index in [4.69, 9.17) is 14.2 Å². The molecule has 0 spiro atoms. The predicted octanol–water partition coefficient (Wildman–Crippen LogP) is 5.80. The highest BCUT2D eigenvalue weighted by Gasteiger charge is 2.24. The topological polar surface area (TPSA) is 120 Å². The molecule has 0 aliphatic rings. The number of benzene rings is 4. The zero-order valence-corrected chi connectivity index (χ0v) is 23.4. The summed E-state index contributed by atoms with van der Waals surface area (Å²) < 4.78 is 16.0. The summed E-state index contributed by atoms with van der Waals surface area (Å²) in [5.74, 6) is -1.65. The molecule has 0 bridgehead atoms. The van der Waals surface area contributed by atoms with Gasteiger partial charge in [-0.3, -0.25) is 4.79 Å². The zero-order chi connectivity index (χ0) is 30.3. The lowest BCUT2D eigenvalue weighted by atomic mass is 10.1. The van der Waals surface area contributed by atoms with Gasteiger partial charge in [0.05, 0.1) is 5.56 Å². The van der Waals surface area contributed by atoms with Gasteiger partial charge in [-0.25, -0.2) is 14.4 Å². The van der Waals surface area contributed by atoms with Gasteiger partial charge < -0.3 is 24.8 Å². The Kier molecular flexibility index (Phi) is 11.4. The average Bonchev–Trinajstić information content (AvgIpc) is 3.05. The Balaban J connectivity index is 1.31. The summed E-state index contributed by atoms with van der Waals surface area (Å²) in [7, 11) is 0. The molecule has 9 heteroatoms. The minimum Gasteiger partial charge on any atom is -0.459 e. The summed E-state index contributed by atoms with van der Waals surface area (Å²) in [4.78, 5) is 50.7. The molecule has 0 aliphatic heterocycles. The van der Waals surface area contributed by atoms with Gasteiger partial charge in [0.15, 0.2) is 0 Å². The smallest absolute Gasteiger partial charge is 0.408 e. The van der Waals surface area contributed by atoms with Crippen LogP contribution >= 0.6 is 0 Å². The van der Waals surface area contributed by atoms with Crippen LogP contribution < -0.4 is 10.6 Å². The van der Waals surface area contributed by atoms with Crippen molar-refractivity contribution in [2.45, 2.75) is 38.7 Å². The minimum atomic E-state index is -1.13. The lowest BCUT2D eigenvalue weighted by molar-refractivity contribution is -0.147. The molecule has 9 nitrogen and oxygen atoms in total. The molecule has 0 aliphatic carbocycles. The molecule has 4 rings (SSSR count). The normalized spacial score (nSPS) is 11.1. The van der Waals surface area contributed by atoms with E-state index in [1.807, 2.05) is 78.9 Å². The molecule has 0 heterocycles. The number of esters is 2. The number of rotatable bonds is 13. The third-order valence-electron chi connectivity index (χ3n) is 6.27. The molecule has 0 aromatic heterocycles. The van der Waals surface area contributed by atoms with E-state index in [-0.39, 0.29) is 38.2 Å². The van der Waals surface area contributed by atoms with Crippen molar-refractivity contribution in [3.63, 3.8) is 0 Å². The number of amides is 2. The molecule has 0 saturated carbocycles. The number of carbonyl (C=O) groups is 4. The highest BCUT2D eigenvalue weighted by Crippen LogP contribution is 2.14. The summed E-state index contributed by atoms with van der Waals surface area (Å²) >= 11 is 0. The van der Waals surface area contributed by atoms with Gasteiger partial charge in [-0.1, -0.05) is 97.1 Å². The van der Waals surface area contributed by atoms with Gasteiger partial charge in [0.25, 0.3) is 0 Å². The van der Waals surface area contributed by atoms with Crippen LogP contribution in [0, 0.1) is 0 Å². The Morgan fingerprint density at radius 1 is 0.605 bits per heavy atom. The van der Waals surface area contributed by atoms with E-state index in [1.165, 1.54) is 6.07 Å². The Hall–Kier alpha value is -5.44. The van der Waals surface area contributed by atoms with Gasteiger partial charge in [-0.2, -0.15) is 0 Å². The fourth-order valence-electron chi connectivity index (χ4n) is 4.01. The lowest BCUT2D eigenvalue weighted by Gasteiger charge is -2.18. The highest BCUT2D eigenvalue weighted by molar-refractivity contribution is 5.95. The monoisotopic (exact) mass is 580 g/mol. The van der Waals surface area contributed by atoms with E-state index < -0.39 is 30.0 Å².